The van der Waals surface area contributed by atoms with Crippen molar-refractivity contribution in [3.05, 3.63) is 47.8 Å². The largest absolute Gasteiger partial charge is 0.462 e. The minimum Gasteiger partial charge on any atom is -0.462 e. The second kappa shape index (κ2) is 11.5. The van der Waals surface area contributed by atoms with Crippen LogP contribution in [0.1, 0.15) is 70.4 Å². The summed E-state index contributed by atoms with van der Waals surface area (Å²) in [5, 5.41) is 0. The number of rotatable bonds is 11. The van der Waals surface area contributed by atoms with Crippen LogP contribution in [-0.4, -0.2) is 22.0 Å². The predicted molar refractivity (Wildman–Crippen MR) is 109 cm³/mol. The predicted octanol–water partition coefficient (Wildman–Crippen LogP) is 5.54. The lowest BCUT2D eigenvalue weighted by atomic mass is 10.1. The standard InChI is InChI=1S/C23H32N2O2/c1-4-6-7-8-9-10-20-16-24-23(25-17-20)21-13-11-19(12-14-21)15-18(3)27-22(26)5-2/h11-14,16-18H,4-10,15H2,1-3H3. The zero-order valence-electron chi connectivity index (χ0n) is 16.9. The average Bonchev–Trinajstić information content (AvgIpc) is 2.69. The summed E-state index contributed by atoms with van der Waals surface area (Å²) >= 11 is 0. The molecule has 1 unspecified atom stereocenters. The molecule has 0 saturated carbocycles. The van der Waals surface area contributed by atoms with E-state index < -0.39 is 0 Å². The summed E-state index contributed by atoms with van der Waals surface area (Å²) in [5.74, 6) is 0.597. The Morgan fingerprint density at radius 2 is 1.63 bits per heavy atom. The monoisotopic (exact) mass is 368 g/mol. The summed E-state index contributed by atoms with van der Waals surface area (Å²) in [6.07, 6.45) is 12.4. The molecule has 0 aliphatic carbocycles. The number of aryl methyl sites for hydroxylation is 1. The van der Waals surface area contributed by atoms with E-state index in [1.807, 2.05) is 38.4 Å². The summed E-state index contributed by atoms with van der Waals surface area (Å²) in [5.41, 5.74) is 3.35. The Bertz CT molecular complexity index is 681. The van der Waals surface area contributed by atoms with Crippen molar-refractivity contribution in [3.8, 4) is 11.4 Å². The van der Waals surface area contributed by atoms with Gasteiger partial charge < -0.3 is 4.74 Å². The number of ether oxygens (including phenoxy) is 1. The summed E-state index contributed by atoms with van der Waals surface area (Å²) in [6.45, 7) is 5.97. The van der Waals surface area contributed by atoms with Gasteiger partial charge in [0.2, 0.25) is 0 Å². The number of aromatic nitrogens is 2. The van der Waals surface area contributed by atoms with E-state index in [2.05, 4.69) is 29.0 Å². The van der Waals surface area contributed by atoms with E-state index in [0.29, 0.717) is 12.8 Å². The van der Waals surface area contributed by atoms with E-state index in [-0.39, 0.29) is 12.1 Å². The molecule has 2 aromatic rings. The zero-order chi connectivity index (χ0) is 19.5. The van der Waals surface area contributed by atoms with Gasteiger partial charge in [-0.25, -0.2) is 9.97 Å². The van der Waals surface area contributed by atoms with Crippen LogP contribution in [0.2, 0.25) is 0 Å². The Morgan fingerprint density at radius 3 is 2.26 bits per heavy atom. The van der Waals surface area contributed by atoms with Gasteiger partial charge in [0.1, 0.15) is 6.10 Å². The lowest BCUT2D eigenvalue weighted by Gasteiger charge is -2.13. The summed E-state index contributed by atoms with van der Waals surface area (Å²) in [7, 11) is 0. The van der Waals surface area contributed by atoms with Crippen LogP contribution in [0.5, 0.6) is 0 Å². The molecule has 0 amide bonds. The Labute approximate surface area is 163 Å². The molecule has 0 radical (unpaired) electrons. The highest BCUT2D eigenvalue weighted by molar-refractivity contribution is 5.69. The van der Waals surface area contributed by atoms with Gasteiger partial charge in [0.25, 0.3) is 0 Å². The molecule has 4 nitrogen and oxygen atoms in total. The molecule has 0 aliphatic rings. The number of benzene rings is 1. The number of nitrogens with zero attached hydrogens (tertiary/aromatic N) is 2. The molecule has 0 bridgehead atoms. The van der Waals surface area contributed by atoms with Crippen molar-refractivity contribution in [3.63, 3.8) is 0 Å². The molecular formula is C23H32N2O2. The third-order valence-corrected chi connectivity index (χ3v) is 4.63. The molecule has 27 heavy (non-hydrogen) atoms. The van der Waals surface area contributed by atoms with Crippen molar-refractivity contribution in [1.82, 2.24) is 9.97 Å². The Morgan fingerprint density at radius 1 is 0.963 bits per heavy atom. The average molecular weight is 369 g/mol. The van der Waals surface area contributed by atoms with Crippen LogP contribution in [0.3, 0.4) is 0 Å². The van der Waals surface area contributed by atoms with Gasteiger partial charge in [0.15, 0.2) is 5.82 Å². The second-order valence-corrected chi connectivity index (χ2v) is 7.13. The van der Waals surface area contributed by atoms with Gasteiger partial charge in [-0.15, -0.1) is 0 Å². The molecule has 0 aliphatic heterocycles. The highest BCUT2D eigenvalue weighted by Crippen LogP contribution is 2.17. The minimum atomic E-state index is -0.155. The first-order valence-electron chi connectivity index (χ1n) is 10.2. The number of carbonyl (C=O) groups excluding carboxylic acids is 1. The van der Waals surface area contributed by atoms with Crippen LogP contribution < -0.4 is 0 Å². The van der Waals surface area contributed by atoms with Gasteiger partial charge in [0, 0.05) is 30.8 Å². The van der Waals surface area contributed by atoms with Crippen molar-refractivity contribution < 1.29 is 9.53 Å². The molecule has 1 atom stereocenters. The molecule has 2 rings (SSSR count). The van der Waals surface area contributed by atoms with Crippen molar-refractivity contribution in [2.45, 2.75) is 78.2 Å². The minimum absolute atomic E-state index is 0.115. The third kappa shape index (κ3) is 7.49. The van der Waals surface area contributed by atoms with Crippen LogP contribution in [0.25, 0.3) is 11.4 Å². The fourth-order valence-corrected chi connectivity index (χ4v) is 3.04. The first kappa shape index (κ1) is 21.1. The van der Waals surface area contributed by atoms with Crippen LogP contribution in [0, 0.1) is 0 Å². The van der Waals surface area contributed by atoms with Crippen LogP contribution in [-0.2, 0) is 22.4 Å². The van der Waals surface area contributed by atoms with Crippen molar-refractivity contribution in [2.75, 3.05) is 0 Å². The molecule has 0 saturated heterocycles. The van der Waals surface area contributed by atoms with Crippen LogP contribution in [0.15, 0.2) is 36.7 Å². The quantitative estimate of drug-likeness (QED) is 0.386. The van der Waals surface area contributed by atoms with Gasteiger partial charge >= 0.3 is 5.97 Å². The van der Waals surface area contributed by atoms with E-state index in [1.54, 1.807) is 0 Å². The lowest BCUT2D eigenvalue weighted by Crippen LogP contribution is -2.16. The van der Waals surface area contributed by atoms with Gasteiger partial charge in [-0.05, 0) is 30.9 Å². The second-order valence-electron chi connectivity index (χ2n) is 7.13. The van der Waals surface area contributed by atoms with Crippen LogP contribution >= 0.6 is 0 Å². The maximum atomic E-state index is 11.4. The highest BCUT2D eigenvalue weighted by atomic mass is 16.5. The molecule has 0 spiro atoms. The SMILES string of the molecule is CCCCCCCc1cnc(-c2ccc(CC(C)OC(=O)CC)cc2)nc1. The molecule has 1 aromatic carbocycles. The molecule has 146 valence electrons. The fourth-order valence-electron chi connectivity index (χ4n) is 3.04. The van der Waals surface area contributed by atoms with E-state index in [0.717, 1.165) is 23.4 Å². The maximum absolute atomic E-state index is 11.4. The topological polar surface area (TPSA) is 52.1 Å². The molecular weight excluding hydrogens is 336 g/mol. The van der Waals surface area contributed by atoms with E-state index in [4.69, 9.17) is 4.74 Å². The maximum Gasteiger partial charge on any atom is 0.305 e. The van der Waals surface area contributed by atoms with E-state index in [9.17, 15) is 4.79 Å². The Balaban J connectivity index is 1.86. The van der Waals surface area contributed by atoms with E-state index >= 15 is 0 Å². The molecule has 4 heteroatoms. The Kier molecular flexibility index (Phi) is 8.96. The summed E-state index contributed by atoms with van der Waals surface area (Å²) < 4.78 is 5.32. The third-order valence-electron chi connectivity index (χ3n) is 4.63. The summed E-state index contributed by atoms with van der Waals surface area (Å²) in [6, 6.07) is 8.17. The van der Waals surface area contributed by atoms with E-state index in [1.165, 1.54) is 37.7 Å². The number of unbranched alkanes of at least 4 members (excludes halogenated alkanes) is 4. The van der Waals surface area contributed by atoms with Crippen molar-refractivity contribution in [1.29, 1.82) is 0 Å². The lowest BCUT2D eigenvalue weighted by molar-refractivity contribution is -0.147. The first-order chi connectivity index (χ1) is 13.1. The Hall–Kier alpha value is -2.23. The van der Waals surface area contributed by atoms with Crippen LogP contribution in [0.4, 0.5) is 0 Å². The molecule has 1 heterocycles. The van der Waals surface area contributed by atoms with Gasteiger partial charge in [0.05, 0.1) is 0 Å². The number of hydrogen-bond acceptors (Lipinski definition) is 4. The van der Waals surface area contributed by atoms with Crippen molar-refractivity contribution in [2.24, 2.45) is 0 Å². The smallest absolute Gasteiger partial charge is 0.305 e. The molecule has 0 N–H and O–H groups in total. The normalized spacial score (nSPS) is 12.0. The highest BCUT2D eigenvalue weighted by Gasteiger charge is 2.09. The zero-order valence-corrected chi connectivity index (χ0v) is 16.9. The number of esters is 1. The van der Waals surface area contributed by atoms with Crippen molar-refractivity contribution >= 4 is 5.97 Å². The van der Waals surface area contributed by atoms with Gasteiger partial charge in [-0.1, -0.05) is 63.8 Å². The summed E-state index contributed by atoms with van der Waals surface area (Å²) in [4.78, 5) is 20.4. The fraction of sp³-hybridized carbons (Fsp3) is 0.522. The number of hydrogen-bond donors (Lipinski definition) is 0. The number of carbonyl (C=O) groups is 1. The first-order valence-corrected chi connectivity index (χ1v) is 10.2. The molecule has 1 aromatic heterocycles. The van der Waals surface area contributed by atoms with Gasteiger partial charge in [-0.2, -0.15) is 0 Å². The molecule has 0 fully saturated rings. The van der Waals surface area contributed by atoms with Gasteiger partial charge in [-0.3, -0.25) is 4.79 Å².